The van der Waals surface area contributed by atoms with Crippen molar-refractivity contribution in [2.45, 2.75) is 17.4 Å². The second-order valence-electron chi connectivity index (χ2n) is 4.66. The molecule has 1 atom stereocenters. The van der Waals surface area contributed by atoms with Gasteiger partial charge in [-0.1, -0.05) is 36.4 Å². The van der Waals surface area contributed by atoms with E-state index < -0.39 is 0 Å². The van der Waals surface area contributed by atoms with E-state index >= 15 is 0 Å². The van der Waals surface area contributed by atoms with Crippen molar-refractivity contribution in [3.05, 3.63) is 59.7 Å². The third-order valence-electron chi connectivity index (χ3n) is 3.32. The van der Waals surface area contributed by atoms with Crippen LogP contribution in [0.3, 0.4) is 0 Å². The molecule has 0 aliphatic carbocycles. The van der Waals surface area contributed by atoms with Crippen molar-refractivity contribution in [2.24, 2.45) is 5.73 Å². The van der Waals surface area contributed by atoms with Gasteiger partial charge in [0.05, 0.1) is 6.61 Å². The Kier molecular flexibility index (Phi) is 3.76. The number of rotatable bonds is 4. The summed E-state index contributed by atoms with van der Waals surface area (Å²) in [5, 5.41) is 0. The van der Waals surface area contributed by atoms with Gasteiger partial charge in [-0.15, -0.1) is 11.8 Å². The third kappa shape index (κ3) is 2.77. The van der Waals surface area contributed by atoms with Gasteiger partial charge in [0.15, 0.2) is 0 Å². The number of nitrogens with two attached hydrogens (primary N) is 1. The molecule has 2 aromatic carbocycles. The third-order valence-corrected chi connectivity index (χ3v) is 4.45. The normalized spacial score (nSPS) is 14.8. The highest BCUT2D eigenvalue weighted by atomic mass is 32.2. The van der Waals surface area contributed by atoms with E-state index in [4.69, 9.17) is 10.5 Å². The van der Waals surface area contributed by atoms with Crippen LogP contribution in [0.1, 0.15) is 17.2 Å². The fourth-order valence-electron chi connectivity index (χ4n) is 2.33. The highest BCUT2D eigenvalue weighted by Crippen LogP contribution is 2.34. The summed E-state index contributed by atoms with van der Waals surface area (Å²) in [7, 11) is 0. The first kappa shape index (κ1) is 12.6. The van der Waals surface area contributed by atoms with Crippen molar-refractivity contribution in [2.75, 3.05) is 12.4 Å². The topological polar surface area (TPSA) is 35.2 Å². The molecular formula is C16H17NOS. The van der Waals surface area contributed by atoms with Crippen LogP contribution in [0, 0.1) is 0 Å². The molecule has 0 bridgehead atoms. The zero-order valence-corrected chi connectivity index (χ0v) is 11.5. The van der Waals surface area contributed by atoms with Crippen molar-refractivity contribution in [1.82, 2.24) is 0 Å². The molecule has 1 aliphatic rings. The molecule has 3 rings (SSSR count). The van der Waals surface area contributed by atoms with Crippen LogP contribution < -0.4 is 10.5 Å². The first-order chi connectivity index (χ1) is 9.34. The Morgan fingerprint density at radius 1 is 1.11 bits per heavy atom. The van der Waals surface area contributed by atoms with Crippen molar-refractivity contribution < 1.29 is 4.74 Å². The standard InChI is InChI=1S/C16H17NOS/c17-15(11-19-13-6-2-1-3-7-13)14-8-4-5-12-9-10-18-16(12)14/h1-8,15H,9-11,17H2. The Labute approximate surface area is 118 Å². The van der Waals surface area contributed by atoms with Crippen molar-refractivity contribution in [1.29, 1.82) is 0 Å². The first-order valence-electron chi connectivity index (χ1n) is 6.52. The molecule has 2 nitrogen and oxygen atoms in total. The molecule has 2 aromatic rings. The summed E-state index contributed by atoms with van der Waals surface area (Å²) in [5.74, 6) is 1.88. The molecule has 0 saturated heterocycles. The lowest BCUT2D eigenvalue weighted by Gasteiger charge is -2.15. The summed E-state index contributed by atoms with van der Waals surface area (Å²) in [6, 6.07) is 16.7. The molecule has 1 unspecified atom stereocenters. The Hall–Kier alpha value is -1.45. The lowest BCUT2D eigenvalue weighted by Crippen LogP contribution is -2.14. The van der Waals surface area contributed by atoms with Gasteiger partial charge in [0.25, 0.3) is 0 Å². The van der Waals surface area contributed by atoms with Crippen LogP contribution in [0.25, 0.3) is 0 Å². The van der Waals surface area contributed by atoms with E-state index in [1.54, 1.807) is 11.8 Å². The second kappa shape index (κ2) is 5.68. The Balaban J connectivity index is 1.71. The highest BCUT2D eigenvalue weighted by Gasteiger charge is 2.19. The maximum atomic E-state index is 6.32. The lowest BCUT2D eigenvalue weighted by molar-refractivity contribution is 0.352. The largest absolute Gasteiger partial charge is 0.493 e. The Bertz CT molecular complexity index is 556. The van der Waals surface area contributed by atoms with E-state index in [0.29, 0.717) is 0 Å². The van der Waals surface area contributed by atoms with Gasteiger partial charge in [-0.3, -0.25) is 0 Å². The van der Waals surface area contributed by atoms with Crippen LogP contribution in [-0.4, -0.2) is 12.4 Å². The molecule has 19 heavy (non-hydrogen) atoms. The quantitative estimate of drug-likeness (QED) is 0.865. The van der Waals surface area contributed by atoms with Crippen LogP contribution in [0.5, 0.6) is 5.75 Å². The van der Waals surface area contributed by atoms with Gasteiger partial charge >= 0.3 is 0 Å². The van der Waals surface area contributed by atoms with Crippen molar-refractivity contribution >= 4 is 11.8 Å². The summed E-state index contributed by atoms with van der Waals surface area (Å²) in [5.41, 5.74) is 8.74. The maximum absolute atomic E-state index is 6.32. The summed E-state index contributed by atoms with van der Waals surface area (Å²) in [6.45, 7) is 0.783. The number of para-hydroxylation sites is 1. The minimum absolute atomic E-state index is 0.0123. The van der Waals surface area contributed by atoms with Crippen LogP contribution in [0.4, 0.5) is 0 Å². The lowest BCUT2D eigenvalue weighted by atomic mass is 10.0. The van der Waals surface area contributed by atoms with Gasteiger partial charge < -0.3 is 10.5 Å². The molecule has 2 N–H and O–H groups in total. The van der Waals surface area contributed by atoms with E-state index in [1.165, 1.54) is 10.5 Å². The minimum Gasteiger partial charge on any atom is -0.493 e. The monoisotopic (exact) mass is 271 g/mol. The van der Waals surface area contributed by atoms with Gasteiger partial charge in [-0.05, 0) is 17.7 Å². The average Bonchev–Trinajstić information content (AvgIpc) is 2.94. The summed E-state index contributed by atoms with van der Waals surface area (Å²) < 4.78 is 5.71. The van der Waals surface area contributed by atoms with E-state index in [9.17, 15) is 0 Å². The van der Waals surface area contributed by atoms with E-state index in [-0.39, 0.29) is 6.04 Å². The van der Waals surface area contributed by atoms with Gasteiger partial charge in [0.2, 0.25) is 0 Å². The number of fused-ring (bicyclic) bond motifs is 1. The fourth-order valence-corrected chi connectivity index (χ4v) is 3.23. The van der Waals surface area contributed by atoms with Crippen molar-refractivity contribution in [3.63, 3.8) is 0 Å². The van der Waals surface area contributed by atoms with Crippen LogP contribution in [0.2, 0.25) is 0 Å². The van der Waals surface area contributed by atoms with Gasteiger partial charge in [-0.2, -0.15) is 0 Å². The predicted octanol–water partition coefficient (Wildman–Crippen LogP) is 3.41. The predicted molar refractivity (Wildman–Crippen MR) is 79.7 cm³/mol. The molecule has 0 saturated carbocycles. The van der Waals surface area contributed by atoms with E-state index in [0.717, 1.165) is 30.1 Å². The fraction of sp³-hybridized carbons (Fsp3) is 0.250. The second-order valence-corrected chi connectivity index (χ2v) is 5.76. The molecule has 3 heteroatoms. The molecule has 0 radical (unpaired) electrons. The molecular weight excluding hydrogens is 254 g/mol. The molecule has 0 aromatic heterocycles. The number of hydrogen-bond donors (Lipinski definition) is 1. The van der Waals surface area contributed by atoms with Gasteiger partial charge in [-0.25, -0.2) is 0 Å². The smallest absolute Gasteiger partial charge is 0.127 e. The number of ether oxygens (including phenoxy) is 1. The van der Waals surface area contributed by atoms with Crippen LogP contribution in [0.15, 0.2) is 53.4 Å². The zero-order chi connectivity index (χ0) is 13.1. The molecule has 0 amide bonds. The Morgan fingerprint density at radius 2 is 1.95 bits per heavy atom. The number of benzene rings is 2. The molecule has 1 heterocycles. The molecule has 1 aliphatic heterocycles. The van der Waals surface area contributed by atoms with Crippen LogP contribution >= 0.6 is 11.8 Å². The first-order valence-corrected chi connectivity index (χ1v) is 7.51. The van der Waals surface area contributed by atoms with Gasteiger partial charge in [0, 0.05) is 28.7 Å². The molecule has 0 spiro atoms. The van der Waals surface area contributed by atoms with E-state index in [2.05, 4.69) is 42.5 Å². The van der Waals surface area contributed by atoms with Crippen LogP contribution in [-0.2, 0) is 6.42 Å². The summed E-state index contributed by atoms with van der Waals surface area (Å²) >= 11 is 1.79. The van der Waals surface area contributed by atoms with Crippen molar-refractivity contribution in [3.8, 4) is 5.75 Å². The summed E-state index contributed by atoms with van der Waals surface area (Å²) in [4.78, 5) is 1.26. The molecule has 98 valence electrons. The maximum Gasteiger partial charge on any atom is 0.127 e. The van der Waals surface area contributed by atoms with Gasteiger partial charge in [0.1, 0.15) is 5.75 Å². The Morgan fingerprint density at radius 3 is 2.79 bits per heavy atom. The number of thioether (sulfide) groups is 1. The SMILES string of the molecule is NC(CSc1ccccc1)c1cccc2c1OCC2. The average molecular weight is 271 g/mol. The molecule has 0 fully saturated rings. The number of hydrogen-bond acceptors (Lipinski definition) is 3. The minimum atomic E-state index is 0.0123. The summed E-state index contributed by atoms with van der Waals surface area (Å²) in [6.07, 6.45) is 1.00. The van der Waals surface area contributed by atoms with E-state index in [1.807, 2.05) is 6.07 Å². The zero-order valence-electron chi connectivity index (χ0n) is 10.7. The highest BCUT2D eigenvalue weighted by molar-refractivity contribution is 7.99.